The maximum Gasteiger partial charge on any atom is 0.224 e. The number of nitrogens with one attached hydrogen (secondary N) is 2. The Balaban J connectivity index is 1.93. The molecule has 1 aromatic carbocycles. The number of piperidine rings is 1. The van der Waals surface area contributed by atoms with Gasteiger partial charge in [0.05, 0.1) is 14.2 Å². The molecule has 2 N–H and O–H groups in total. The van der Waals surface area contributed by atoms with E-state index in [9.17, 15) is 4.79 Å². The van der Waals surface area contributed by atoms with Crippen LogP contribution in [0.1, 0.15) is 26.2 Å². The van der Waals surface area contributed by atoms with Gasteiger partial charge in [-0.25, -0.2) is 0 Å². The van der Waals surface area contributed by atoms with Crippen LogP contribution in [-0.2, 0) is 4.79 Å². The van der Waals surface area contributed by atoms with Crippen LogP contribution >= 0.6 is 0 Å². The Bertz CT molecular complexity index is 476. The van der Waals surface area contributed by atoms with Crippen molar-refractivity contribution in [3.05, 3.63) is 18.2 Å². The number of anilines is 1. The average Bonchev–Trinajstić information content (AvgIpc) is 2.55. The summed E-state index contributed by atoms with van der Waals surface area (Å²) in [7, 11) is 3.19. The second kappa shape index (κ2) is 8.03. The van der Waals surface area contributed by atoms with Crippen molar-refractivity contribution in [1.29, 1.82) is 0 Å². The van der Waals surface area contributed by atoms with Gasteiger partial charge in [0.15, 0.2) is 0 Å². The highest BCUT2D eigenvalue weighted by molar-refractivity contribution is 5.91. The number of carbonyl (C=O) groups excluding carboxylic acids is 1. The molecule has 0 aliphatic carbocycles. The van der Waals surface area contributed by atoms with Crippen LogP contribution < -0.4 is 20.1 Å². The fraction of sp³-hybridized carbons (Fsp3) is 0.588. The topological polar surface area (TPSA) is 59.6 Å². The highest BCUT2D eigenvalue weighted by atomic mass is 16.5. The Labute approximate surface area is 132 Å². The van der Waals surface area contributed by atoms with E-state index in [0.717, 1.165) is 13.1 Å². The third-order valence-corrected chi connectivity index (χ3v) is 4.28. The number of carbonyl (C=O) groups is 1. The van der Waals surface area contributed by atoms with E-state index in [1.54, 1.807) is 32.4 Å². The standard InChI is InChI=1S/C17H26N2O3/c1-12(13-5-4-6-18-11-13)7-17(20)19-14-8-15(21-2)10-16(9-14)22-3/h8-10,12-13,18H,4-7,11H2,1-3H3,(H,19,20). The van der Waals surface area contributed by atoms with Gasteiger partial charge < -0.3 is 20.1 Å². The van der Waals surface area contributed by atoms with E-state index in [-0.39, 0.29) is 5.91 Å². The number of hydrogen-bond acceptors (Lipinski definition) is 4. The van der Waals surface area contributed by atoms with Crippen molar-refractivity contribution in [2.75, 3.05) is 32.6 Å². The number of rotatable bonds is 6. The molecule has 2 rings (SSSR count). The molecule has 1 fully saturated rings. The minimum atomic E-state index is 0.0355. The van der Waals surface area contributed by atoms with Gasteiger partial charge in [-0.3, -0.25) is 4.79 Å². The van der Waals surface area contributed by atoms with E-state index >= 15 is 0 Å². The maximum absolute atomic E-state index is 12.3. The number of methoxy groups -OCH3 is 2. The zero-order valence-corrected chi connectivity index (χ0v) is 13.6. The predicted molar refractivity (Wildman–Crippen MR) is 87.6 cm³/mol. The SMILES string of the molecule is COc1cc(NC(=O)CC(C)C2CCCNC2)cc(OC)c1. The van der Waals surface area contributed by atoms with Crippen LogP contribution in [0.15, 0.2) is 18.2 Å². The summed E-state index contributed by atoms with van der Waals surface area (Å²) < 4.78 is 10.4. The van der Waals surface area contributed by atoms with Crippen LogP contribution in [0, 0.1) is 11.8 Å². The molecule has 0 bridgehead atoms. The van der Waals surface area contributed by atoms with Crippen molar-refractivity contribution < 1.29 is 14.3 Å². The quantitative estimate of drug-likeness (QED) is 0.848. The number of amides is 1. The number of hydrogen-bond donors (Lipinski definition) is 2. The molecule has 0 radical (unpaired) electrons. The van der Waals surface area contributed by atoms with Crippen molar-refractivity contribution in [3.63, 3.8) is 0 Å². The molecular weight excluding hydrogens is 280 g/mol. The molecule has 1 aliphatic heterocycles. The summed E-state index contributed by atoms with van der Waals surface area (Å²) >= 11 is 0. The number of ether oxygens (including phenoxy) is 2. The van der Waals surface area contributed by atoms with Crippen molar-refractivity contribution in [1.82, 2.24) is 5.32 Å². The number of benzene rings is 1. The molecule has 1 saturated heterocycles. The van der Waals surface area contributed by atoms with Crippen molar-refractivity contribution in [3.8, 4) is 11.5 Å². The first-order chi connectivity index (χ1) is 10.6. The Morgan fingerprint density at radius 2 is 2.00 bits per heavy atom. The largest absolute Gasteiger partial charge is 0.497 e. The molecule has 122 valence electrons. The first-order valence-electron chi connectivity index (χ1n) is 7.86. The van der Waals surface area contributed by atoms with Crippen LogP contribution in [0.2, 0.25) is 0 Å². The minimum absolute atomic E-state index is 0.0355. The summed E-state index contributed by atoms with van der Waals surface area (Å²) in [5.41, 5.74) is 0.704. The fourth-order valence-corrected chi connectivity index (χ4v) is 2.92. The van der Waals surface area contributed by atoms with E-state index in [1.165, 1.54) is 12.8 Å². The van der Waals surface area contributed by atoms with E-state index in [1.807, 2.05) is 0 Å². The van der Waals surface area contributed by atoms with Crippen LogP contribution in [0.3, 0.4) is 0 Å². The van der Waals surface area contributed by atoms with Crippen LogP contribution in [0.4, 0.5) is 5.69 Å². The average molecular weight is 306 g/mol. The van der Waals surface area contributed by atoms with Gasteiger partial charge in [-0.1, -0.05) is 6.92 Å². The molecule has 0 aromatic heterocycles. The molecule has 0 saturated carbocycles. The van der Waals surface area contributed by atoms with E-state index in [0.29, 0.717) is 35.4 Å². The normalized spacial score (nSPS) is 19.3. The second-order valence-corrected chi connectivity index (χ2v) is 5.94. The molecule has 1 heterocycles. The van der Waals surface area contributed by atoms with Crippen molar-refractivity contribution in [2.45, 2.75) is 26.2 Å². The molecule has 1 aliphatic rings. The van der Waals surface area contributed by atoms with Gasteiger partial charge in [-0.15, -0.1) is 0 Å². The van der Waals surface area contributed by atoms with E-state index in [4.69, 9.17) is 9.47 Å². The molecule has 5 heteroatoms. The summed E-state index contributed by atoms with van der Waals surface area (Å²) in [6.45, 7) is 4.27. The van der Waals surface area contributed by atoms with Gasteiger partial charge in [0.2, 0.25) is 5.91 Å². The lowest BCUT2D eigenvalue weighted by Crippen LogP contribution is -2.34. The molecule has 22 heavy (non-hydrogen) atoms. The summed E-state index contributed by atoms with van der Waals surface area (Å²) in [5, 5.41) is 6.35. The zero-order chi connectivity index (χ0) is 15.9. The molecule has 0 spiro atoms. The first-order valence-corrected chi connectivity index (χ1v) is 7.86. The molecular formula is C17H26N2O3. The lowest BCUT2D eigenvalue weighted by Gasteiger charge is -2.28. The Hall–Kier alpha value is -1.75. The molecule has 2 atom stereocenters. The highest BCUT2D eigenvalue weighted by Crippen LogP contribution is 2.27. The predicted octanol–water partition coefficient (Wildman–Crippen LogP) is 2.67. The lowest BCUT2D eigenvalue weighted by atomic mass is 9.85. The van der Waals surface area contributed by atoms with Gasteiger partial charge in [0, 0.05) is 30.3 Å². The van der Waals surface area contributed by atoms with Crippen molar-refractivity contribution >= 4 is 11.6 Å². The van der Waals surface area contributed by atoms with Crippen molar-refractivity contribution in [2.24, 2.45) is 11.8 Å². The Morgan fingerprint density at radius 3 is 2.55 bits per heavy atom. The summed E-state index contributed by atoms with van der Waals surface area (Å²) in [5.74, 6) is 2.33. The van der Waals surface area contributed by atoms with E-state index < -0.39 is 0 Å². The third-order valence-electron chi connectivity index (χ3n) is 4.28. The molecule has 5 nitrogen and oxygen atoms in total. The molecule has 2 unspecified atom stereocenters. The Morgan fingerprint density at radius 1 is 1.32 bits per heavy atom. The minimum Gasteiger partial charge on any atom is -0.497 e. The van der Waals surface area contributed by atoms with Gasteiger partial charge >= 0.3 is 0 Å². The smallest absolute Gasteiger partial charge is 0.224 e. The van der Waals surface area contributed by atoms with Gasteiger partial charge in [0.25, 0.3) is 0 Å². The first kappa shape index (κ1) is 16.6. The third kappa shape index (κ3) is 4.63. The summed E-state index contributed by atoms with van der Waals surface area (Å²) in [6, 6.07) is 5.38. The summed E-state index contributed by atoms with van der Waals surface area (Å²) in [4.78, 5) is 12.3. The van der Waals surface area contributed by atoms with E-state index in [2.05, 4.69) is 17.6 Å². The van der Waals surface area contributed by atoms with Crippen LogP contribution in [0.25, 0.3) is 0 Å². The van der Waals surface area contributed by atoms with Gasteiger partial charge in [-0.2, -0.15) is 0 Å². The highest BCUT2D eigenvalue weighted by Gasteiger charge is 2.22. The van der Waals surface area contributed by atoms with Crippen LogP contribution in [-0.4, -0.2) is 33.2 Å². The molecule has 1 amide bonds. The van der Waals surface area contributed by atoms with Gasteiger partial charge in [0.1, 0.15) is 11.5 Å². The lowest BCUT2D eigenvalue weighted by molar-refractivity contribution is -0.117. The fourth-order valence-electron chi connectivity index (χ4n) is 2.92. The van der Waals surface area contributed by atoms with Crippen LogP contribution in [0.5, 0.6) is 11.5 Å². The monoisotopic (exact) mass is 306 g/mol. The zero-order valence-electron chi connectivity index (χ0n) is 13.6. The van der Waals surface area contributed by atoms with Gasteiger partial charge in [-0.05, 0) is 37.8 Å². The maximum atomic E-state index is 12.3. The Kier molecular flexibility index (Phi) is 6.07. The summed E-state index contributed by atoms with van der Waals surface area (Å²) in [6.07, 6.45) is 2.93. The molecule has 1 aromatic rings. The second-order valence-electron chi connectivity index (χ2n) is 5.94.